The van der Waals surface area contributed by atoms with Gasteiger partial charge >= 0.3 is 62.1 Å². The molecule has 0 aromatic rings. The van der Waals surface area contributed by atoms with Crippen LogP contribution < -0.4 is 0 Å². The van der Waals surface area contributed by atoms with Gasteiger partial charge < -0.3 is 0 Å². The van der Waals surface area contributed by atoms with E-state index in [1.54, 1.807) is 17.3 Å². The summed E-state index contributed by atoms with van der Waals surface area (Å²) in [5.74, 6) is 0. The molecule has 46 valence electrons. The van der Waals surface area contributed by atoms with Crippen molar-refractivity contribution in [2.24, 2.45) is 0 Å². The van der Waals surface area contributed by atoms with Gasteiger partial charge in [-0.3, -0.25) is 0 Å². The first-order valence-corrected chi connectivity index (χ1v) is 7.33. The number of hydrogen-bond acceptors (Lipinski definition) is 0. The fourth-order valence-electron chi connectivity index (χ4n) is 0.770. The van der Waals surface area contributed by atoms with Crippen molar-refractivity contribution in [3.05, 3.63) is 0 Å². The van der Waals surface area contributed by atoms with Gasteiger partial charge in [-0.2, -0.15) is 0 Å². The standard InChI is InChI=1S/C4H9.C3H5.Sn/c1-3-4-2;1-2-3-1;/h1,3-4H2,2H3;1H,2-3H2;. The first-order valence-electron chi connectivity index (χ1n) is 3.67. The average molecular weight is 217 g/mol. The molecule has 1 aliphatic rings. The molecule has 0 saturated heterocycles. The van der Waals surface area contributed by atoms with E-state index in [4.69, 9.17) is 0 Å². The third kappa shape index (κ3) is 2.95. The van der Waals surface area contributed by atoms with Crippen molar-refractivity contribution >= 4 is 21.1 Å². The number of rotatable bonds is 4. The van der Waals surface area contributed by atoms with Gasteiger partial charge in [-0.25, -0.2) is 0 Å². The molecule has 0 aromatic heterocycles. The van der Waals surface area contributed by atoms with Gasteiger partial charge in [0.1, 0.15) is 0 Å². The SMILES string of the molecule is CCC[CH2][Sn][CH]1CC1. The van der Waals surface area contributed by atoms with Crippen LogP contribution in [0.5, 0.6) is 0 Å². The van der Waals surface area contributed by atoms with E-state index in [0.717, 1.165) is 0 Å². The van der Waals surface area contributed by atoms with Crippen molar-refractivity contribution in [1.29, 1.82) is 0 Å². The van der Waals surface area contributed by atoms with Crippen LogP contribution in [0.1, 0.15) is 32.6 Å². The summed E-state index contributed by atoms with van der Waals surface area (Å²) in [5.41, 5.74) is 0. The number of unbranched alkanes of at least 4 members (excludes halogenated alkanes) is 1. The van der Waals surface area contributed by atoms with E-state index in [0.29, 0.717) is 0 Å². The molecule has 0 atom stereocenters. The zero-order chi connectivity index (χ0) is 5.82. The molecule has 1 aliphatic carbocycles. The van der Waals surface area contributed by atoms with Crippen molar-refractivity contribution in [3.8, 4) is 0 Å². The molecule has 1 rings (SSSR count). The third-order valence-electron chi connectivity index (χ3n) is 1.54. The summed E-state index contributed by atoms with van der Waals surface area (Å²) in [6, 6.07) is 0. The molecule has 0 nitrogen and oxygen atoms in total. The Balaban J connectivity index is 1.74. The Bertz CT molecular complexity index is 57.4. The van der Waals surface area contributed by atoms with Crippen molar-refractivity contribution in [2.45, 2.75) is 41.0 Å². The Morgan fingerprint density at radius 3 is 2.75 bits per heavy atom. The van der Waals surface area contributed by atoms with Gasteiger partial charge in [-0.15, -0.1) is 0 Å². The van der Waals surface area contributed by atoms with Crippen LogP contribution in [0.15, 0.2) is 0 Å². The molecule has 2 radical (unpaired) electrons. The second-order valence-corrected chi connectivity index (χ2v) is 7.50. The van der Waals surface area contributed by atoms with Crippen LogP contribution in [0.4, 0.5) is 0 Å². The molecule has 1 heteroatoms. The van der Waals surface area contributed by atoms with Gasteiger partial charge in [-0.05, 0) is 0 Å². The molecule has 0 heterocycles. The summed E-state index contributed by atoms with van der Waals surface area (Å²) in [6.07, 6.45) is 6.17. The van der Waals surface area contributed by atoms with Gasteiger partial charge in [0.15, 0.2) is 0 Å². The van der Waals surface area contributed by atoms with E-state index >= 15 is 0 Å². The van der Waals surface area contributed by atoms with Crippen LogP contribution in [-0.2, 0) is 0 Å². The van der Waals surface area contributed by atoms with Gasteiger partial charge in [0, 0.05) is 0 Å². The molecule has 0 N–H and O–H groups in total. The molecule has 1 fully saturated rings. The quantitative estimate of drug-likeness (QED) is 0.501. The molecule has 1 saturated carbocycles. The molecule has 0 amide bonds. The van der Waals surface area contributed by atoms with Crippen molar-refractivity contribution in [1.82, 2.24) is 0 Å². The minimum absolute atomic E-state index is 0.205. The summed E-state index contributed by atoms with van der Waals surface area (Å²) < 4.78 is 2.98. The third-order valence-corrected chi connectivity index (χ3v) is 6.67. The van der Waals surface area contributed by atoms with E-state index in [2.05, 4.69) is 6.92 Å². The summed E-state index contributed by atoms with van der Waals surface area (Å²) in [7, 11) is 0. The van der Waals surface area contributed by atoms with Crippen LogP contribution in [0.25, 0.3) is 0 Å². The van der Waals surface area contributed by atoms with Gasteiger partial charge in [0.2, 0.25) is 0 Å². The summed E-state index contributed by atoms with van der Waals surface area (Å²) >= 11 is 0.205. The maximum atomic E-state index is 2.30. The van der Waals surface area contributed by atoms with Crippen molar-refractivity contribution < 1.29 is 0 Å². The Morgan fingerprint density at radius 2 is 2.25 bits per heavy atom. The van der Waals surface area contributed by atoms with Crippen molar-refractivity contribution in [2.75, 3.05) is 0 Å². The summed E-state index contributed by atoms with van der Waals surface area (Å²) in [4.78, 5) is 0. The van der Waals surface area contributed by atoms with Crippen LogP contribution in [0.2, 0.25) is 8.37 Å². The van der Waals surface area contributed by atoms with Crippen LogP contribution in [-0.4, -0.2) is 21.1 Å². The van der Waals surface area contributed by atoms with E-state index < -0.39 is 0 Å². The fraction of sp³-hybridized carbons (Fsp3) is 1.00. The zero-order valence-electron chi connectivity index (χ0n) is 5.61. The van der Waals surface area contributed by atoms with Crippen LogP contribution in [0.3, 0.4) is 0 Å². The van der Waals surface area contributed by atoms with Gasteiger partial charge in [0.25, 0.3) is 0 Å². The monoisotopic (exact) mass is 218 g/mol. The van der Waals surface area contributed by atoms with Crippen LogP contribution in [0, 0.1) is 0 Å². The second kappa shape index (κ2) is 3.75. The summed E-state index contributed by atoms with van der Waals surface area (Å²) in [5, 5.41) is 0. The predicted molar refractivity (Wildman–Crippen MR) is 38.5 cm³/mol. The maximum absolute atomic E-state index is 2.30. The predicted octanol–water partition coefficient (Wildman–Crippen LogP) is 2.49. The molecule has 8 heavy (non-hydrogen) atoms. The molecule has 0 unspecified atom stereocenters. The van der Waals surface area contributed by atoms with Gasteiger partial charge in [-0.1, -0.05) is 0 Å². The molecular weight excluding hydrogens is 203 g/mol. The van der Waals surface area contributed by atoms with Crippen LogP contribution >= 0.6 is 0 Å². The number of hydrogen-bond donors (Lipinski definition) is 0. The average Bonchev–Trinajstić information content (AvgIpc) is 2.51. The first kappa shape index (κ1) is 6.91. The Labute approximate surface area is 62.3 Å². The minimum atomic E-state index is 0.205. The fourth-order valence-corrected chi connectivity index (χ4v) is 5.17. The zero-order valence-corrected chi connectivity index (χ0v) is 8.47. The van der Waals surface area contributed by atoms with E-state index in [1.807, 2.05) is 0 Å². The molecule has 0 bridgehead atoms. The second-order valence-electron chi connectivity index (χ2n) is 2.58. The van der Waals surface area contributed by atoms with E-state index in [-0.39, 0.29) is 21.1 Å². The Hall–Kier alpha value is 0.799. The summed E-state index contributed by atoms with van der Waals surface area (Å²) in [6.45, 7) is 2.30. The van der Waals surface area contributed by atoms with Crippen molar-refractivity contribution in [3.63, 3.8) is 0 Å². The molecule has 0 aliphatic heterocycles. The molecule has 0 spiro atoms. The first-order chi connectivity index (χ1) is 3.93. The normalized spacial score (nSPS) is 19.1. The Kier molecular flexibility index (Phi) is 3.24. The van der Waals surface area contributed by atoms with E-state index in [9.17, 15) is 0 Å². The molecule has 0 aromatic carbocycles. The Morgan fingerprint density at radius 1 is 1.50 bits per heavy atom. The topological polar surface area (TPSA) is 0 Å². The van der Waals surface area contributed by atoms with E-state index in [1.165, 1.54) is 16.8 Å². The molecular formula is C7H14Sn. The van der Waals surface area contributed by atoms with Gasteiger partial charge in [0.05, 0.1) is 0 Å².